The molecule has 11 heteroatoms. The molecule has 2 aromatic rings. The first kappa shape index (κ1) is 42.4. The fourth-order valence-electron chi connectivity index (χ4n) is 8.05. The highest BCUT2D eigenvalue weighted by molar-refractivity contribution is 7.06. The molecule has 57 heavy (non-hydrogen) atoms. The molecule has 304 valence electrons. The number of hydrogen-bond donors (Lipinski definition) is 0. The molecule has 6 heterocycles. The predicted octanol–water partition coefficient (Wildman–Crippen LogP) is 9.55. The highest BCUT2D eigenvalue weighted by Crippen LogP contribution is 2.49. The summed E-state index contributed by atoms with van der Waals surface area (Å²) < 4.78 is 16.0. The highest BCUT2D eigenvalue weighted by atomic mass is 35.5. The number of rotatable bonds is 2. The lowest BCUT2D eigenvalue weighted by Crippen LogP contribution is -2.47. The lowest BCUT2D eigenvalue weighted by Gasteiger charge is -2.37. The van der Waals surface area contributed by atoms with Crippen LogP contribution in [0.4, 0.5) is 11.5 Å². The maximum absolute atomic E-state index is 13.4. The minimum absolute atomic E-state index is 0.0828. The van der Waals surface area contributed by atoms with Gasteiger partial charge in [-0.2, -0.15) is 4.37 Å². The third-order valence-corrected chi connectivity index (χ3v) is 12.8. The van der Waals surface area contributed by atoms with Gasteiger partial charge in [-0.1, -0.05) is 97.8 Å². The number of aromatic nitrogens is 1. The molecule has 9 nitrogen and oxygen atoms in total. The van der Waals surface area contributed by atoms with Crippen molar-refractivity contribution >= 4 is 52.5 Å². The molecule has 1 aromatic heterocycles. The van der Waals surface area contributed by atoms with Crippen molar-refractivity contribution in [1.29, 1.82) is 0 Å². The van der Waals surface area contributed by atoms with Gasteiger partial charge >= 0.3 is 11.9 Å². The van der Waals surface area contributed by atoms with E-state index in [4.69, 9.17) is 25.4 Å². The molecular formula is C46H57ClN4O5S. The monoisotopic (exact) mass is 812 g/mol. The van der Waals surface area contributed by atoms with Gasteiger partial charge in [0.2, 0.25) is 5.91 Å². The first-order chi connectivity index (χ1) is 27.7. The zero-order valence-electron chi connectivity index (χ0n) is 33.9. The Balaban J connectivity index is 1.18. The molecule has 8 rings (SSSR count). The summed E-state index contributed by atoms with van der Waals surface area (Å²) in [5.41, 5.74) is 6.40. The van der Waals surface area contributed by atoms with Gasteiger partial charge in [-0.15, -0.1) is 0 Å². The number of nitrogens with zero attached hydrogens (tertiary/aromatic N) is 4. The smallest absolute Gasteiger partial charge is 0.369 e. The molecule has 1 saturated heterocycles. The number of carbonyl (C=O) groups excluding carboxylic acids is 3. The minimum Gasteiger partial charge on any atom is -0.462 e. The number of hydrogen-bond acceptors (Lipinski definition) is 9. The predicted molar refractivity (Wildman–Crippen MR) is 231 cm³/mol. The second-order valence-electron chi connectivity index (χ2n) is 15.2. The van der Waals surface area contributed by atoms with Crippen LogP contribution in [-0.4, -0.2) is 72.7 Å². The Morgan fingerprint density at radius 3 is 2.23 bits per heavy atom. The Hall–Kier alpha value is -4.25. The molecular weight excluding hydrogens is 756 g/mol. The molecule has 8 bridgehead atoms. The molecule has 0 radical (unpaired) electrons. The number of piperazine rings is 1. The zero-order chi connectivity index (χ0) is 40.3. The largest absolute Gasteiger partial charge is 0.462 e. The number of esters is 2. The number of amides is 1. The van der Waals surface area contributed by atoms with Crippen LogP contribution in [0.3, 0.4) is 0 Å². The standard InChI is InChI=1S/C46H57ClN4O5S/c1-5-55-46(54)45-51-39-31-38(47)35(29-36(39)30-40(51)52)23-24-49-25-27-50(28-26-49)44-42-34(4)37(32(2)33(3)43(42)57-48-44)21-19-17-15-13-11-9-7-6-8-10-12-14-16-18-20-22-41(53)56-45/h7-10,13-16,19,21,29,31,33-34,45H,5-6,11-12,17-18,20,22-28,30H2,1-4H3. The van der Waals surface area contributed by atoms with E-state index in [9.17, 15) is 14.4 Å². The van der Waals surface area contributed by atoms with Crippen LogP contribution in [0.15, 0.2) is 84.0 Å². The first-order valence-corrected chi connectivity index (χ1v) is 21.8. The number of carbonyl (C=O) groups is 3. The third kappa shape index (κ3) is 10.4. The van der Waals surface area contributed by atoms with Gasteiger partial charge in [0.15, 0.2) is 0 Å². The summed E-state index contributed by atoms with van der Waals surface area (Å²) in [4.78, 5) is 47.1. The lowest BCUT2D eigenvalue weighted by molar-refractivity contribution is -0.168. The molecule has 6 aliphatic rings. The van der Waals surface area contributed by atoms with E-state index in [2.05, 4.69) is 85.3 Å². The van der Waals surface area contributed by atoms with Crippen LogP contribution in [0.1, 0.15) is 106 Å². The van der Waals surface area contributed by atoms with Crippen LogP contribution in [0.25, 0.3) is 0 Å². The number of benzene rings is 1. The van der Waals surface area contributed by atoms with Crippen molar-refractivity contribution in [2.75, 3.05) is 49.1 Å². The van der Waals surface area contributed by atoms with Crippen molar-refractivity contribution in [2.45, 2.75) is 104 Å². The van der Waals surface area contributed by atoms with Gasteiger partial charge in [-0.05, 0) is 93.1 Å². The van der Waals surface area contributed by atoms with Crippen LogP contribution in [0, 0.1) is 0 Å². The summed E-state index contributed by atoms with van der Waals surface area (Å²) in [6.45, 7) is 13.1. The summed E-state index contributed by atoms with van der Waals surface area (Å²) in [6, 6.07) is 3.69. The van der Waals surface area contributed by atoms with Gasteiger partial charge in [0.1, 0.15) is 5.82 Å². The van der Waals surface area contributed by atoms with E-state index in [1.165, 1.54) is 26.5 Å². The van der Waals surface area contributed by atoms with E-state index < -0.39 is 18.2 Å². The molecule has 1 aliphatic carbocycles. The number of halogens is 1. The quantitative estimate of drug-likeness (QED) is 0.219. The Labute approximate surface area is 347 Å². The van der Waals surface area contributed by atoms with Crippen molar-refractivity contribution < 1.29 is 23.9 Å². The van der Waals surface area contributed by atoms with E-state index in [0.717, 1.165) is 75.4 Å². The third-order valence-electron chi connectivity index (χ3n) is 11.4. The summed E-state index contributed by atoms with van der Waals surface area (Å²) in [5.74, 6) is 0.0854. The van der Waals surface area contributed by atoms with Crippen molar-refractivity contribution in [3.63, 3.8) is 0 Å². The normalized spacial score (nSPS) is 24.2. The van der Waals surface area contributed by atoms with E-state index in [1.54, 1.807) is 24.5 Å². The molecule has 3 atom stereocenters. The van der Waals surface area contributed by atoms with E-state index in [1.807, 2.05) is 12.1 Å². The molecule has 1 aromatic carbocycles. The summed E-state index contributed by atoms with van der Waals surface area (Å²) in [7, 11) is 0. The minimum atomic E-state index is -1.51. The summed E-state index contributed by atoms with van der Waals surface area (Å²) >= 11 is 8.53. The van der Waals surface area contributed by atoms with E-state index >= 15 is 0 Å². The van der Waals surface area contributed by atoms with Crippen molar-refractivity contribution in [2.24, 2.45) is 0 Å². The fourth-order valence-corrected chi connectivity index (χ4v) is 9.41. The zero-order valence-corrected chi connectivity index (χ0v) is 35.5. The first-order valence-electron chi connectivity index (χ1n) is 20.6. The van der Waals surface area contributed by atoms with Gasteiger partial charge < -0.3 is 14.4 Å². The molecule has 1 fully saturated rings. The van der Waals surface area contributed by atoms with E-state index in [0.29, 0.717) is 35.9 Å². The number of anilines is 2. The summed E-state index contributed by atoms with van der Waals surface area (Å²) in [5, 5.41) is 0.508. The Morgan fingerprint density at radius 1 is 0.877 bits per heavy atom. The molecule has 0 N–H and O–H groups in total. The van der Waals surface area contributed by atoms with Gasteiger partial charge in [0.25, 0.3) is 6.23 Å². The van der Waals surface area contributed by atoms with Crippen LogP contribution in [-0.2, 0) is 36.7 Å². The second kappa shape index (κ2) is 20.4. The highest BCUT2D eigenvalue weighted by Gasteiger charge is 2.41. The summed E-state index contributed by atoms with van der Waals surface area (Å²) in [6.07, 6.45) is 26.1. The maximum atomic E-state index is 13.4. The molecule has 0 saturated carbocycles. The van der Waals surface area contributed by atoms with Crippen LogP contribution < -0.4 is 9.80 Å². The molecule has 3 unspecified atom stereocenters. The topological polar surface area (TPSA) is 92.3 Å². The van der Waals surface area contributed by atoms with Crippen molar-refractivity contribution in [3.8, 4) is 0 Å². The SMILES string of the molecule is CCOC(=O)C1OC(=O)CCCC=CCC=CCC=CCC=CCC=CC2=C(C)C(C)c3snc(c3C2C)N2CCN(CCc3cc4c(cc3Cl)N1C(=O)C4)CC2. The fraction of sp³-hybridized carbons (Fsp3) is 0.478. The van der Waals surface area contributed by atoms with Gasteiger partial charge in [0.05, 0.1) is 18.7 Å². The van der Waals surface area contributed by atoms with Gasteiger partial charge in [0, 0.05) is 66.4 Å². The van der Waals surface area contributed by atoms with Gasteiger partial charge in [-0.3, -0.25) is 19.4 Å². The average molecular weight is 814 g/mol. The Morgan fingerprint density at radius 2 is 1.54 bits per heavy atom. The number of allylic oxidation sites excluding steroid dienone is 12. The van der Waals surface area contributed by atoms with Crippen LogP contribution in [0.2, 0.25) is 5.02 Å². The maximum Gasteiger partial charge on any atom is 0.369 e. The molecule has 1 amide bonds. The lowest BCUT2D eigenvalue weighted by atomic mass is 9.78. The Kier molecular flexibility index (Phi) is 15.2. The van der Waals surface area contributed by atoms with Crippen molar-refractivity contribution in [1.82, 2.24) is 9.27 Å². The second-order valence-corrected chi connectivity index (χ2v) is 16.4. The number of ether oxygens (including phenoxy) is 2. The van der Waals surface area contributed by atoms with Crippen LogP contribution in [0.5, 0.6) is 0 Å². The average Bonchev–Trinajstić information content (AvgIpc) is 3.78. The number of fused-ring (bicyclic) bond motifs is 2. The van der Waals surface area contributed by atoms with E-state index in [-0.39, 0.29) is 31.3 Å². The van der Waals surface area contributed by atoms with Gasteiger partial charge in [-0.25, -0.2) is 4.79 Å². The Bertz CT molecular complexity index is 1950. The molecule has 0 spiro atoms. The van der Waals surface area contributed by atoms with Crippen molar-refractivity contribution in [3.05, 3.63) is 111 Å². The van der Waals surface area contributed by atoms with Crippen LogP contribution >= 0.6 is 23.1 Å². The molecule has 5 aliphatic heterocycles.